The van der Waals surface area contributed by atoms with Crippen LogP contribution in [0.25, 0.3) is 5.70 Å². The van der Waals surface area contributed by atoms with Gasteiger partial charge in [0.05, 0.1) is 11.7 Å². The van der Waals surface area contributed by atoms with E-state index in [4.69, 9.17) is 11.5 Å². The minimum absolute atomic E-state index is 0.138. The van der Waals surface area contributed by atoms with Crippen LogP contribution in [0.4, 0.5) is 0 Å². The molecule has 8 heteroatoms. The van der Waals surface area contributed by atoms with E-state index in [1.165, 1.54) is 0 Å². The second-order valence-corrected chi connectivity index (χ2v) is 8.51. The van der Waals surface area contributed by atoms with Crippen molar-refractivity contribution in [3.8, 4) is 5.75 Å². The van der Waals surface area contributed by atoms with Gasteiger partial charge in [-0.2, -0.15) is 0 Å². The molecule has 0 saturated carbocycles. The Morgan fingerprint density at radius 2 is 1.93 bits per heavy atom. The molecular weight excluding hydrogens is 380 g/mol. The summed E-state index contributed by atoms with van der Waals surface area (Å²) in [7, 11) is 2.11. The molecule has 8 nitrogen and oxygen atoms in total. The summed E-state index contributed by atoms with van der Waals surface area (Å²) in [5.41, 5.74) is 14.4. The Hall–Kier alpha value is -2.87. The zero-order chi connectivity index (χ0) is 21.3. The van der Waals surface area contributed by atoms with Gasteiger partial charge in [-0.15, -0.1) is 0 Å². The second kappa shape index (κ2) is 8.47. The van der Waals surface area contributed by atoms with Gasteiger partial charge in [-0.1, -0.05) is 12.1 Å². The van der Waals surface area contributed by atoms with Gasteiger partial charge in [-0.25, -0.2) is 0 Å². The molecule has 0 bridgehead atoms. The first-order valence-electron chi connectivity index (χ1n) is 10.7. The van der Waals surface area contributed by atoms with Crippen LogP contribution in [0.1, 0.15) is 18.4 Å². The summed E-state index contributed by atoms with van der Waals surface area (Å²) in [6.07, 6.45) is 3.70. The first-order valence-corrected chi connectivity index (χ1v) is 10.7. The maximum Gasteiger partial charge on any atom is 0.225 e. The molecule has 1 amide bonds. The predicted octanol–water partition coefficient (Wildman–Crippen LogP) is 0.277. The normalized spacial score (nSPS) is 23.9. The summed E-state index contributed by atoms with van der Waals surface area (Å²) in [5.74, 6) is 1.14. The van der Waals surface area contributed by atoms with Crippen molar-refractivity contribution in [2.24, 2.45) is 17.4 Å². The van der Waals surface area contributed by atoms with E-state index in [0.717, 1.165) is 31.6 Å². The topological polar surface area (TPSA) is 111 Å². The molecule has 0 aliphatic carbocycles. The van der Waals surface area contributed by atoms with E-state index in [1.807, 2.05) is 17.0 Å². The average molecular weight is 413 g/mol. The van der Waals surface area contributed by atoms with Gasteiger partial charge in [-0.05, 0) is 51.2 Å². The summed E-state index contributed by atoms with van der Waals surface area (Å²) in [6.45, 7) is 4.74. The Morgan fingerprint density at radius 3 is 2.67 bits per heavy atom. The number of rotatable bonds is 3. The fourth-order valence-electron chi connectivity index (χ4n) is 4.64. The van der Waals surface area contributed by atoms with Gasteiger partial charge in [0.25, 0.3) is 0 Å². The van der Waals surface area contributed by atoms with E-state index in [0.29, 0.717) is 43.3 Å². The Bertz CT molecular complexity index is 859. The molecule has 162 valence electrons. The van der Waals surface area contributed by atoms with Gasteiger partial charge in [0.2, 0.25) is 5.91 Å². The summed E-state index contributed by atoms with van der Waals surface area (Å²) < 4.78 is 0. The lowest BCUT2D eigenvalue weighted by atomic mass is 9.94. The van der Waals surface area contributed by atoms with E-state index >= 15 is 0 Å². The van der Waals surface area contributed by atoms with E-state index < -0.39 is 0 Å². The molecule has 3 aliphatic rings. The molecule has 2 saturated heterocycles. The molecule has 0 aromatic heterocycles. The third-order valence-corrected chi connectivity index (χ3v) is 6.48. The quantitative estimate of drug-likeness (QED) is 0.564. The number of nitrogens with one attached hydrogen (secondary N) is 1. The fourth-order valence-corrected chi connectivity index (χ4v) is 4.64. The standard InChI is InChI=1S/C22H32N6O2/c1-26-8-6-15(7-9-26)22(30)27-10-11-28-16(14-27)13-25-21(24)19(28)12-18(23)17-4-2-3-5-20(17)29/h2-5,12,15-16,25,29H,6-11,13-14,23-24H2,1H3/b18-12-. The monoisotopic (exact) mass is 412 g/mol. The number of carbonyl (C=O) groups is 1. The van der Waals surface area contributed by atoms with Gasteiger partial charge in [0.1, 0.15) is 11.6 Å². The van der Waals surface area contributed by atoms with Crippen LogP contribution in [-0.4, -0.2) is 78.1 Å². The molecule has 0 spiro atoms. The predicted molar refractivity (Wildman–Crippen MR) is 117 cm³/mol. The molecule has 6 N–H and O–H groups in total. The Kier molecular flexibility index (Phi) is 5.76. The highest BCUT2D eigenvalue weighted by Crippen LogP contribution is 2.28. The molecule has 30 heavy (non-hydrogen) atoms. The highest BCUT2D eigenvalue weighted by molar-refractivity contribution is 5.79. The van der Waals surface area contributed by atoms with Crippen molar-refractivity contribution in [1.82, 2.24) is 20.0 Å². The highest BCUT2D eigenvalue weighted by Gasteiger charge is 2.36. The van der Waals surface area contributed by atoms with Crippen molar-refractivity contribution in [2.45, 2.75) is 18.9 Å². The number of piperidine rings is 1. The number of nitrogens with zero attached hydrogens (tertiary/aromatic N) is 3. The molecule has 1 unspecified atom stereocenters. The van der Waals surface area contributed by atoms with Crippen molar-refractivity contribution < 1.29 is 9.90 Å². The minimum atomic E-state index is 0.138. The number of hydrogen-bond donors (Lipinski definition) is 4. The number of para-hydroxylation sites is 1. The van der Waals surface area contributed by atoms with Crippen molar-refractivity contribution in [1.29, 1.82) is 0 Å². The number of nitrogens with two attached hydrogens (primary N) is 2. The molecule has 2 fully saturated rings. The molecule has 1 aromatic rings. The number of amides is 1. The zero-order valence-electron chi connectivity index (χ0n) is 17.6. The summed E-state index contributed by atoms with van der Waals surface area (Å²) in [5, 5.41) is 13.4. The van der Waals surface area contributed by atoms with E-state index in [1.54, 1.807) is 18.2 Å². The largest absolute Gasteiger partial charge is 0.507 e. The molecule has 1 aromatic carbocycles. The molecule has 3 aliphatic heterocycles. The second-order valence-electron chi connectivity index (χ2n) is 8.51. The minimum Gasteiger partial charge on any atom is -0.507 e. The van der Waals surface area contributed by atoms with Gasteiger partial charge in [0, 0.05) is 43.4 Å². The first-order chi connectivity index (χ1) is 14.4. The van der Waals surface area contributed by atoms with E-state index in [2.05, 4.69) is 22.2 Å². The number of carbonyl (C=O) groups excluding carboxylic acids is 1. The number of phenols is 1. The van der Waals surface area contributed by atoms with Gasteiger partial charge >= 0.3 is 0 Å². The lowest BCUT2D eigenvalue weighted by Gasteiger charge is -2.47. The average Bonchev–Trinajstić information content (AvgIpc) is 2.75. The van der Waals surface area contributed by atoms with E-state index in [-0.39, 0.29) is 23.6 Å². The summed E-state index contributed by atoms with van der Waals surface area (Å²) in [4.78, 5) is 19.6. The summed E-state index contributed by atoms with van der Waals surface area (Å²) in [6, 6.07) is 7.14. The first kappa shape index (κ1) is 20.4. The van der Waals surface area contributed by atoms with E-state index in [9.17, 15) is 9.90 Å². The number of benzene rings is 1. The SMILES string of the molecule is CN1CCC(C(=O)N2CCN3C(/C=C(\N)c4ccccc4O)=C(N)NCC3C2)CC1. The van der Waals surface area contributed by atoms with Crippen LogP contribution in [0.2, 0.25) is 0 Å². The smallest absolute Gasteiger partial charge is 0.225 e. The Balaban J connectivity index is 1.47. The zero-order valence-corrected chi connectivity index (χ0v) is 17.6. The number of hydrogen-bond acceptors (Lipinski definition) is 7. The van der Waals surface area contributed by atoms with Gasteiger partial charge in [0.15, 0.2) is 0 Å². The number of fused-ring (bicyclic) bond motifs is 1. The number of likely N-dealkylation sites (tertiary alicyclic amines) is 1. The summed E-state index contributed by atoms with van der Waals surface area (Å²) >= 11 is 0. The van der Waals surface area contributed by atoms with Crippen molar-refractivity contribution in [2.75, 3.05) is 46.3 Å². The molecule has 0 radical (unpaired) electrons. The molecule has 3 heterocycles. The molecule has 4 rings (SSSR count). The van der Waals surface area contributed by atoms with Crippen molar-refractivity contribution in [3.63, 3.8) is 0 Å². The maximum absolute atomic E-state index is 13.1. The Labute approximate surface area is 177 Å². The van der Waals surface area contributed by atoms with Crippen LogP contribution in [0, 0.1) is 5.92 Å². The lowest BCUT2D eigenvalue weighted by Crippen LogP contribution is -2.61. The van der Waals surface area contributed by atoms with Crippen LogP contribution in [0.3, 0.4) is 0 Å². The maximum atomic E-state index is 13.1. The van der Waals surface area contributed by atoms with Crippen LogP contribution in [0.5, 0.6) is 5.75 Å². The van der Waals surface area contributed by atoms with Gasteiger partial charge in [-0.3, -0.25) is 4.79 Å². The number of phenolic OH excluding ortho intramolecular Hbond substituents is 1. The van der Waals surface area contributed by atoms with Crippen LogP contribution in [0.15, 0.2) is 41.9 Å². The Morgan fingerprint density at radius 1 is 1.20 bits per heavy atom. The van der Waals surface area contributed by atoms with Crippen molar-refractivity contribution >= 4 is 11.6 Å². The third kappa shape index (κ3) is 4.05. The number of aromatic hydroxyl groups is 1. The number of allylic oxidation sites excluding steroid dienone is 1. The molecular formula is C22H32N6O2. The highest BCUT2D eigenvalue weighted by atomic mass is 16.3. The van der Waals surface area contributed by atoms with Crippen LogP contribution < -0.4 is 16.8 Å². The lowest BCUT2D eigenvalue weighted by molar-refractivity contribution is -0.139. The number of piperazine rings is 1. The molecule has 1 atom stereocenters. The third-order valence-electron chi connectivity index (χ3n) is 6.48. The van der Waals surface area contributed by atoms with Crippen molar-refractivity contribution in [3.05, 3.63) is 47.4 Å². The fraction of sp³-hybridized carbons (Fsp3) is 0.500. The van der Waals surface area contributed by atoms with Crippen LogP contribution in [-0.2, 0) is 4.79 Å². The van der Waals surface area contributed by atoms with Crippen LogP contribution >= 0.6 is 0 Å². The van der Waals surface area contributed by atoms with Gasteiger partial charge < -0.3 is 36.6 Å².